The minimum absolute atomic E-state index is 0.128. The van der Waals surface area contributed by atoms with Gasteiger partial charge in [-0.05, 0) is 19.9 Å². The summed E-state index contributed by atoms with van der Waals surface area (Å²) in [6.07, 6.45) is 1.76. The molecular formula is C21H22N4O3S2. The summed E-state index contributed by atoms with van der Waals surface area (Å²) in [7, 11) is 0. The van der Waals surface area contributed by atoms with Crippen LogP contribution in [0.5, 0.6) is 0 Å². The Hall–Kier alpha value is -2.91. The van der Waals surface area contributed by atoms with Gasteiger partial charge in [0.15, 0.2) is 11.0 Å². The zero-order valence-corrected chi connectivity index (χ0v) is 18.4. The van der Waals surface area contributed by atoms with Crippen molar-refractivity contribution in [3.8, 4) is 11.4 Å². The van der Waals surface area contributed by atoms with Crippen molar-refractivity contribution in [3.63, 3.8) is 0 Å². The normalized spacial score (nSPS) is 10.6. The number of hydrogen-bond donors (Lipinski definition) is 1. The Kier molecular flexibility index (Phi) is 7.42. The molecule has 0 aliphatic carbocycles. The van der Waals surface area contributed by atoms with E-state index in [9.17, 15) is 9.59 Å². The Morgan fingerprint density at radius 2 is 2.07 bits per heavy atom. The molecule has 0 fully saturated rings. The maximum Gasteiger partial charge on any atom is 0.341 e. The van der Waals surface area contributed by atoms with E-state index in [4.69, 9.17) is 4.74 Å². The van der Waals surface area contributed by atoms with Crippen LogP contribution in [-0.4, -0.2) is 39.0 Å². The molecule has 0 saturated heterocycles. The van der Waals surface area contributed by atoms with Crippen LogP contribution in [0, 0.1) is 6.92 Å². The standard InChI is InChI=1S/C21H22N4O3S2/c1-4-11-25-18(15-9-7-6-8-10-15)23-24-21(25)29-13-17(26)22-19-16(12-14(3)30-19)20(27)28-5-2/h4,6-10,12H,1,5,11,13H2,2-3H3,(H,22,26). The molecule has 2 heterocycles. The number of nitrogens with one attached hydrogen (secondary N) is 1. The van der Waals surface area contributed by atoms with Crippen LogP contribution < -0.4 is 5.32 Å². The Balaban J connectivity index is 1.71. The number of anilines is 1. The topological polar surface area (TPSA) is 86.1 Å². The molecule has 3 aromatic rings. The first kappa shape index (κ1) is 21.8. The highest BCUT2D eigenvalue weighted by Crippen LogP contribution is 2.29. The molecule has 0 unspecified atom stereocenters. The fourth-order valence-electron chi connectivity index (χ4n) is 2.75. The summed E-state index contributed by atoms with van der Waals surface area (Å²) in [5.74, 6) is 0.172. The van der Waals surface area contributed by atoms with Crippen molar-refractivity contribution >= 4 is 40.0 Å². The van der Waals surface area contributed by atoms with Gasteiger partial charge in [-0.2, -0.15) is 0 Å². The van der Waals surface area contributed by atoms with Crippen LogP contribution in [0.15, 0.2) is 54.2 Å². The highest BCUT2D eigenvalue weighted by molar-refractivity contribution is 7.99. The summed E-state index contributed by atoms with van der Waals surface area (Å²) < 4.78 is 6.98. The van der Waals surface area contributed by atoms with Gasteiger partial charge in [0.25, 0.3) is 0 Å². The van der Waals surface area contributed by atoms with Crippen LogP contribution in [0.4, 0.5) is 5.00 Å². The average molecular weight is 443 g/mol. The SMILES string of the molecule is C=CCn1c(SCC(=O)Nc2sc(C)cc2C(=O)OCC)nnc1-c1ccccc1. The van der Waals surface area contributed by atoms with Crippen molar-refractivity contribution in [3.05, 3.63) is 59.5 Å². The van der Waals surface area contributed by atoms with Crippen LogP contribution in [0.1, 0.15) is 22.2 Å². The lowest BCUT2D eigenvalue weighted by molar-refractivity contribution is -0.113. The summed E-state index contributed by atoms with van der Waals surface area (Å²) in [5.41, 5.74) is 1.31. The second kappa shape index (κ2) is 10.2. The molecule has 1 aromatic carbocycles. The third-order valence-corrected chi connectivity index (χ3v) is 5.93. The Bertz CT molecular complexity index is 1040. The van der Waals surface area contributed by atoms with Gasteiger partial charge in [0.2, 0.25) is 5.91 Å². The number of allylic oxidation sites excluding steroid dienone is 1. The highest BCUT2D eigenvalue weighted by atomic mass is 32.2. The number of aryl methyl sites for hydroxylation is 1. The number of esters is 1. The summed E-state index contributed by atoms with van der Waals surface area (Å²) >= 11 is 2.62. The van der Waals surface area contributed by atoms with Gasteiger partial charge in [-0.15, -0.1) is 28.1 Å². The third kappa shape index (κ3) is 5.17. The maximum atomic E-state index is 12.5. The molecule has 30 heavy (non-hydrogen) atoms. The molecule has 0 bridgehead atoms. The molecular weight excluding hydrogens is 420 g/mol. The number of carbonyl (C=O) groups is 2. The molecule has 0 atom stereocenters. The van der Waals surface area contributed by atoms with E-state index in [1.54, 1.807) is 19.1 Å². The fraction of sp³-hybridized carbons (Fsp3) is 0.238. The van der Waals surface area contributed by atoms with Gasteiger partial charge in [-0.25, -0.2) is 4.79 Å². The van der Waals surface area contributed by atoms with Crippen molar-refractivity contribution < 1.29 is 14.3 Å². The van der Waals surface area contributed by atoms with Gasteiger partial charge in [-0.1, -0.05) is 48.2 Å². The van der Waals surface area contributed by atoms with E-state index in [0.717, 1.165) is 16.3 Å². The fourth-order valence-corrected chi connectivity index (χ4v) is 4.41. The van der Waals surface area contributed by atoms with E-state index < -0.39 is 5.97 Å². The van der Waals surface area contributed by atoms with Crippen molar-refractivity contribution in [1.29, 1.82) is 0 Å². The number of rotatable bonds is 9. The molecule has 0 radical (unpaired) electrons. The number of thiophene rings is 1. The number of thioether (sulfide) groups is 1. The first-order valence-corrected chi connectivity index (χ1v) is 11.1. The quantitative estimate of drug-likeness (QED) is 0.300. The second-order valence-electron chi connectivity index (χ2n) is 6.23. The Labute approximate surface area is 183 Å². The third-order valence-electron chi connectivity index (χ3n) is 4.00. The summed E-state index contributed by atoms with van der Waals surface area (Å²) in [6, 6.07) is 11.5. The Morgan fingerprint density at radius 1 is 1.30 bits per heavy atom. The number of ether oxygens (including phenoxy) is 1. The van der Waals surface area contributed by atoms with E-state index in [0.29, 0.717) is 22.3 Å². The number of carbonyl (C=O) groups excluding carboxylic acids is 2. The molecule has 156 valence electrons. The van der Waals surface area contributed by atoms with Crippen LogP contribution >= 0.6 is 23.1 Å². The molecule has 3 rings (SSSR count). The van der Waals surface area contributed by atoms with Gasteiger partial charge < -0.3 is 10.1 Å². The molecule has 1 amide bonds. The van der Waals surface area contributed by atoms with E-state index in [-0.39, 0.29) is 18.3 Å². The summed E-state index contributed by atoms with van der Waals surface area (Å²) in [4.78, 5) is 25.5. The van der Waals surface area contributed by atoms with E-state index in [2.05, 4.69) is 22.1 Å². The van der Waals surface area contributed by atoms with Crippen molar-refractivity contribution in [2.45, 2.75) is 25.5 Å². The van der Waals surface area contributed by atoms with Crippen LogP contribution in [-0.2, 0) is 16.1 Å². The van der Waals surface area contributed by atoms with Gasteiger partial charge in [0.05, 0.1) is 17.9 Å². The minimum atomic E-state index is -0.442. The Morgan fingerprint density at radius 3 is 2.77 bits per heavy atom. The van der Waals surface area contributed by atoms with Crippen LogP contribution in [0.3, 0.4) is 0 Å². The first-order valence-electron chi connectivity index (χ1n) is 9.33. The number of benzene rings is 1. The largest absolute Gasteiger partial charge is 0.462 e. The molecule has 9 heteroatoms. The van der Waals surface area contributed by atoms with Gasteiger partial charge in [0, 0.05) is 17.0 Å². The zero-order valence-electron chi connectivity index (χ0n) is 16.8. The van der Waals surface area contributed by atoms with E-state index >= 15 is 0 Å². The second-order valence-corrected chi connectivity index (χ2v) is 8.43. The number of hydrogen-bond acceptors (Lipinski definition) is 7. The molecule has 0 saturated carbocycles. The minimum Gasteiger partial charge on any atom is -0.462 e. The van der Waals surface area contributed by atoms with Gasteiger partial charge in [0.1, 0.15) is 5.00 Å². The van der Waals surface area contributed by atoms with Gasteiger partial charge >= 0.3 is 5.97 Å². The van der Waals surface area contributed by atoms with E-state index in [1.807, 2.05) is 41.8 Å². The van der Waals surface area contributed by atoms with Crippen molar-refractivity contribution in [2.24, 2.45) is 0 Å². The number of nitrogens with zero attached hydrogens (tertiary/aromatic N) is 3. The lowest BCUT2D eigenvalue weighted by Gasteiger charge is -2.08. The lowest BCUT2D eigenvalue weighted by atomic mass is 10.2. The van der Waals surface area contributed by atoms with Crippen molar-refractivity contribution in [1.82, 2.24) is 14.8 Å². The smallest absolute Gasteiger partial charge is 0.341 e. The molecule has 0 spiro atoms. The summed E-state index contributed by atoms with van der Waals surface area (Å²) in [6.45, 7) is 8.22. The first-order chi connectivity index (χ1) is 14.5. The highest BCUT2D eigenvalue weighted by Gasteiger charge is 2.19. The molecule has 2 aromatic heterocycles. The molecule has 1 N–H and O–H groups in total. The number of aromatic nitrogens is 3. The summed E-state index contributed by atoms with van der Waals surface area (Å²) in [5, 5.41) is 12.5. The molecule has 0 aliphatic heterocycles. The predicted octanol–water partition coefficient (Wildman–Crippen LogP) is 4.41. The van der Waals surface area contributed by atoms with Crippen LogP contribution in [0.2, 0.25) is 0 Å². The zero-order chi connectivity index (χ0) is 21.5. The average Bonchev–Trinajstić information content (AvgIpc) is 3.30. The monoisotopic (exact) mass is 442 g/mol. The number of amides is 1. The van der Waals surface area contributed by atoms with E-state index in [1.165, 1.54) is 23.1 Å². The van der Waals surface area contributed by atoms with Crippen molar-refractivity contribution in [2.75, 3.05) is 17.7 Å². The maximum absolute atomic E-state index is 12.5. The molecule has 0 aliphatic rings. The van der Waals surface area contributed by atoms with Crippen LogP contribution in [0.25, 0.3) is 11.4 Å². The van der Waals surface area contributed by atoms with Gasteiger partial charge in [-0.3, -0.25) is 9.36 Å². The molecule has 7 nitrogen and oxygen atoms in total. The predicted molar refractivity (Wildman–Crippen MR) is 120 cm³/mol. The lowest BCUT2D eigenvalue weighted by Crippen LogP contribution is -2.16.